The summed E-state index contributed by atoms with van der Waals surface area (Å²) in [6, 6.07) is 10.7. The van der Waals surface area contributed by atoms with Gasteiger partial charge in [-0.25, -0.2) is 0 Å². The second-order valence-corrected chi connectivity index (χ2v) is 3.95. The number of rotatable bonds is 4. The molecule has 0 aliphatic rings. The van der Waals surface area contributed by atoms with E-state index in [0.717, 1.165) is 18.2 Å². The monoisotopic (exact) mass is 251 g/mol. The lowest BCUT2D eigenvalue weighted by Gasteiger charge is -2.06. The highest BCUT2D eigenvalue weighted by Gasteiger charge is 2.05. The van der Waals surface area contributed by atoms with Gasteiger partial charge in [0.2, 0.25) is 0 Å². The van der Waals surface area contributed by atoms with Crippen LogP contribution in [0.1, 0.15) is 24.5 Å². The molecular weight excluding hydrogens is 238 g/mol. The summed E-state index contributed by atoms with van der Waals surface area (Å²) in [4.78, 5) is 0. The Morgan fingerprint density at radius 1 is 1.29 bits per heavy atom. The van der Waals surface area contributed by atoms with E-state index in [-0.39, 0.29) is 5.92 Å². The van der Waals surface area contributed by atoms with Crippen LogP contribution in [0.4, 0.5) is 0 Å². The van der Waals surface area contributed by atoms with Crippen molar-refractivity contribution < 1.29 is 0 Å². The summed E-state index contributed by atoms with van der Waals surface area (Å²) in [7, 11) is 0. The Morgan fingerprint density at radius 3 is 2.29 bits per heavy atom. The van der Waals surface area contributed by atoms with E-state index in [0.29, 0.717) is 0 Å². The number of nitrogens with zero attached hydrogens (tertiary/aromatic N) is 1. The van der Waals surface area contributed by atoms with E-state index in [1.807, 2.05) is 0 Å². The van der Waals surface area contributed by atoms with Crippen molar-refractivity contribution in [1.29, 1.82) is 5.26 Å². The minimum Gasteiger partial charge on any atom is -0.198 e. The molecule has 0 aliphatic heterocycles. The minimum absolute atomic E-state index is 0.157. The van der Waals surface area contributed by atoms with E-state index in [1.165, 1.54) is 11.1 Å². The van der Waals surface area contributed by atoms with Crippen LogP contribution in [0.15, 0.2) is 24.3 Å². The fraction of sp³-hybridized carbons (Fsp3) is 0.417. The Morgan fingerprint density at radius 2 is 1.86 bits per heavy atom. The summed E-state index contributed by atoms with van der Waals surface area (Å²) in [5.74, 6) is 0.157. The molecule has 0 aliphatic carbocycles. The van der Waals surface area contributed by atoms with Crippen molar-refractivity contribution in [2.45, 2.75) is 25.1 Å². The summed E-state index contributed by atoms with van der Waals surface area (Å²) in [5, 5.41) is 9.72. The minimum atomic E-state index is 0.157. The molecule has 0 amide bonds. The molecule has 0 aromatic heterocycles. The van der Waals surface area contributed by atoms with Gasteiger partial charge in [-0.2, -0.15) is 5.26 Å². The van der Waals surface area contributed by atoms with Crippen LogP contribution in [0.2, 0.25) is 0 Å². The maximum Gasteiger partial charge on any atom is 0.0659 e. The van der Waals surface area contributed by atoms with Gasteiger partial charge in [-0.15, -0.1) is 0 Å². The summed E-state index contributed by atoms with van der Waals surface area (Å²) in [6.07, 6.45) is 1.80. The van der Waals surface area contributed by atoms with Crippen LogP contribution < -0.4 is 0 Å². The molecule has 1 aromatic rings. The van der Waals surface area contributed by atoms with Gasteiger partial charge in [-0.3, -0.25) is 0 Å². The van der Waals surface area contributed by atoms with Crippen LogP contribution in [-0.4, -0.2) is 0 Å². The third-order valence-electron chi connectivity index (χ3n) is 2.33. The van der Waals surface area contributed by atoms with Gasteiger partial charge in [0, 0.05) is 5.33 Å². The van der Waals surface area contributed by atoms with Crippen LogP contribution in [-0.2, 0) is 11.8 Å². The average Bonchev–Trinajstić information content (AvgIpc) is 2.26. The van der Waals surface area contributed by atoms with Crippen LogP contribution in [0.5, 0.6) is 0 Å². The fourth-order valence-corrected chi connectivity index (χ4v) is 1.70. The standard InChI is InChI=1S/C12H14BrN/c1-2-10(9-14)7-11-3-5-12(8-13)6-4-11/h3-6,10H,2,7-8H2,1H3. The quantitative estimate of drug-likeness (QED) is 0.750. The Hall–Kier alpha value is -0.810. The molecule has 74 valence electrons. The van der Waals surface area contributed by atoms with Crippen molar-refractivity contribution in [2.24, 2.45) is 5.92 Å². The second kappa shape index (κ2) is 5.82. The van der Waals surface area contributed by atoms with Gasteiger partial charge in [0.25, 0.3) is 0 Å². The first-order chi connectivity index (χ1) is 6.80. The molecule has 1 nitrogen and oxygen atoms in total. The largest absolute Gasteiger partial charge is 0.198 e. The van der Waals surface area contributed by atoms with E-state index >= 15 is 0 Å². The number of hydrogen-bond donors (Lipinski definition) is 0. The molecule has 0 radical (unpaired) electrons. The third kappa shape index (κ3) is 3.16. The summed E-state index contributed by atoms with van der Waals surface area (Å²) in [6.45, 7) is 2.06. The third-order valence-corrected chi connectivity index (χ3v) is 2.98. The Bertz CT molecular complexity index is 310. The van der Waals surface area contributed by atoms with Gasteiger partial charge in [0.15, 0.2) is 0 Å². The van der Waals surface area contributed by atoms with Crippen molar-refractivity contribution in [1.82, 2.24) is 0 Å². The molecule has 0 spiro atoms. The Labute approximate surface area is 93.9 Å². The number of alkyl halides is 1. The van der Waals surface area contributed by atoms with Gasteiger partial charge >= 0.3 is 0 Å². The van der Waals surface area contributed by atoms with Crippen LogP contribution >= 0.6 is 15.9 Å². The van der Waals surface area contributed by atoms with Gasteiger partial charge < -0.3 is 0 Å². The molecule has 14 heavy (non-hydrogen) atoms. The normalized spacial score (nSPS) is 12.1. The first-order valence-electron chi connectivity index (χ1n) is 4.83. The van der Waals surface area contributed by atoms with Crippen molar-refractivity contribution in [3.05, 3.63) is 35.4 Å². The lowest BCUT2D eigenvalue weighted by molar-refractivity contribution is 0.638. The smallest absolute Gasteiger partial charge is 0.0659 e. The molecule has 0 N–H and O–H groups in total. The highest BCUT2D eigenvalue weighted by atomic mass is 79.9. The highest BCUT2D eigenvalue weighted by molar-refractivity contribution is 9.08. The summed E-state index contributed by atoms with van der Waals surface area (Å²) < 4.78 is 0. The fourth-order valence-electron chi connectivity index (χ4n) is 1.33. The maximum atomic E-state index is 8.83. The van der Waals surface area contributed by atoms with Crippen LogP contribution in [0.25, 0.3) is 0 Å². The Kier molecular flexibility index (Phi) is 4.69. The lowest BCUT2D eigenvalue weighted by atomic mass is 9.98. The van der Waals surface area contributed by atoms with Crippen LogP contribution in [0.3, 0.4) is 0 Å². The Balaban J connectivity index is 2.64. The molecule has 0 heterocycles. The van der Waals surface area contributed by atoms with Gasteiger partial charge in [-0.1, -0.05) is 47.1 Å². The second-order valence-electron chi connectivity index (χ2n) is 3.39. The first-order valence-corrected chi connectivity index (χ1v) is 5.95. The van der Waals surface area contributed by atoms with Crippen molar-refractivity contribution in [3.8, 4) is 6.07 Å². The predicted molar refractivity (Wildman–Crippen MR) is 62.2 cm³/mol. The number of nitriles is 1. The highest BCUT2D eigenvalue weighted by Crippen LogP contribution is 2.13. The predicted octanol–water partition coefficient (Wildman–Crippen LogP) is 3.67. The topological polar surface area (TPSA) is 23.8 Å². The molecule has 0 saturated heterocycles. The molecule has 2 heteroatoms. The number of halogens is 1. The van der Waals surface area contributed by atoms with Crippen molar-refractivity contribution in [3.63, 3.8) is 0 Å². The summed E-state index contributed by atoms with van der Waals surface area (Å²) in [5.41, 5.74) is 2.53. The molecule has 0 saturated carbocycles. The van der Waals surface area contributed by atoms with Gasteiger partial charge in [0.05, 0.1) is 12.0 Å². The van der Waals surface area contributed by atoms with Crippen molar-refractivity contribution >= 4 is 15.9 Å². The van der Waals surface area contributed by atoms with E-state index < -0.39 is 0 Å². The molecule has 1 rings (SSSR count). The molecule has 1 unspecified atom stereocenters. The number of benzene rings is 1. The molecular formula is C12H14BrN. The van der Waals surface area contributed by atoms with E-state index in [9.17, 15) is 0 Å². The molecule has 1 aromatic carbocycles. The average molecular weight is 252 g/mol. The lowest BCUT2D eigenvalue weighted by Crippen LogP contribution is -1.99. The van der Waals surface area contributed by atoms with Gasteiger partial charge in [-0.05, 0) is 24.0 Å². The zero-order valence-electron chi connectivity index (χ0n) is 8.33. The van der Waals surface area contributed by atoms with E-state index in [2.05, 4.69) is 53.2 Å². The maximum absolute atomic E-state index is 8.83. The van der Waals surface area contributed by atoms with Gasteiger partial charge in [0.1, 0.15) is 0 Å². The van der Waals surface area contributed by atoms with Crippen molar-refractivity contribution in [2.75, 3.05) is 0 Å². The zero-order chi connectivity index (χ0) is 10.4. The molecule has 0 fully saturated rings. The molecule has 1 atom stereocenters. The first kappa shape index (κ1) is 11.3. The summed E-state index contributed by atoms with van der Waals surface area (Å²) >= 11 is 3.41. The van der Waals surface area contributed by atoms with Crippen LogP contribution in [0, 0.1) is 17.2 Å². The molecule has 0 bridgehead atoms. The van der Waals surface area contributed by atoms with E-state index in [4.69, 9.17) is 5.26 Å². The zero-order valence-corrected chi connectivity index (χ0v) is 9.92. The SMILES string of the molecule is CCC(C#N)Cc1ccc(CBr)cc1. The number of hydrogen-bond acceptors (Lipinski definition) is 1. The van der Waals surface area contributed by atoms with E-state index in [1.54, 1.807) is 0 Å².